The molecule has 2 N–H and O–H groups in total. The highest BCUT2D eigenvalue weighted by Crippen LogP contribution is 2.40. The molecule has 0 saturated heterocycles. The molecular weight excluding hydrogens is 202 g/mol. The van der Waals surface area contributed by atoms with Crippen LogP contribution in [0, 0.1) is 12.8 Å². The largest absolute Gasteiger partial charge is 0.321 e. The van der Waals surface area contributed by atoms with Gasteiger partial charge in [-0.3, -0.25) is 0 Å². The Morgan fingerprint density at radius 1 is 1.60 bits per heavy atom. The molecule has 1 nitrogen and oxygen atoms in total. The molecule has 2 heteroatoms. The Morgan fingerprint density at radius 2 is 2.40 bits per heavy atom. The second-order valence-electron chi connectivity index (χ2n) is 4.97. The quantitative estimate of drug-likeness (QED) is 0.810. The van der Waals surface area contributed by atoms with E-state index in [1.165, 1.54) is 42.5 Å². The predicted molar refractivity (Wildman–Crippen MR) is 67.2 cm³/mol. The molecule has 0 spiro atoms. The molecule has 1 aliphatic carbocycles. The van der Waals surface area contributed by atoms with Gasteiger partial charge in [0.2, 0.25) is 0 Å². The lowest BCUT2D eigenvalue weighted by atomic mass is 9.72. The van der Waals surface area contributed by atoms with Crippen molar-refractivity contribution in [2.24, 2.45) is 11.7 Å². The van der Waals surface area contributed by atoms with Crippen LogP contribution in [-0.4, -0.2) is 0 Å². The molecule has 1 heterocycles. The van der Waals surface area contributed by atoms with E-state index in [2.05, 4.69) is 25.3 Å². The number of hydrogen-bond acceptors (Lipinski definition) is 2. The third-order valence-electron chi connectivity index (χ3n) is 3.77. The van der Waals surface area contributed by atoms with Crippen LogP contribution < -0.4 is 5.73 Å². The van der Waals surface area contributed by atoms with Crippen LogP contribution in [-0.2, 0) is 5.54 Å². The van der Waals surface area contributed by atoms with Gasteiger partial charge in [-0.15, -0.1) is 11.3 Å². The van der Waals surface area contributed by atoms with Gasteiger partial charge >= 0.3 is 0 Å². The molecule has 84 valence electrons. The summed E-state index contributed by atoms with van der Waals surface area (Å²) in [4.78, 5) is 1.38. The van der Waals surface area contributed by atoms with E-state index >= 15 is 0 Å². The average Bonchev–Trinajstić information content (AvgIpc) is 2.65. The minimum absolute atomic E-state index is 0.0241. The topological polar surface area (TPSA) is 26.0 Å². The lowest BCUT2D eigenvalue weighted by Crippen LogP contribution is -2.41. The zero-order valence-electron chi connectivity index (χ0n) is 9.75. The number of nitrogens with two attached hydrogens (primary N) is 1. The SMILES string of the molecule is CCC1CCCC(N)(c2csc(C)c2)C1. The first-order valence-corrected chi connectivity index (χ1v) is 6.86. The fraction of sp³-hybridized carbons (Fsp3) is 0.692. The van der Waals surface area contributed by atoms with Crippen molar-refractivity contribution >= 4 is 11.3 Å². The van der Waals surface area contributed by atoms with Crippen LogP contribution in [0.2, 0.25) is 0 Å². The Morgan fingerprint density at radius 3 is 3.00 bits per heavy atom. The van der Waals surface area contributed by atoms with E-state index in [-0.39, 0.29) is 5.54 Å². The second-order valence-corrected chi connectivity index (χ2v) is 6.09. The van der Waals surface area contributed by atoms with Crippen molar-refractivity contribution in [2.75, 3.05) is 0 Å². The van der Waals surface area contributed by atoms with Gasteiger partial charge in [-0.1, -0.05) is 26.2 Å². The van der Waals surface area contributed by atoms with E-state index in [0.29, 0.717) is 0 Å². The van der Waals surface area contributed by atoms with Crippen LogP contribution >= 0.6 is 11.3 Å². The van der Waals surface area contributed by atoms with Crippen LogP contribution in [0.1, 0.15) is 49.5 Å². The molecule has 0 aliphatic heterocycles. The Bertz CT molecular complexity index is 331. The molecule has 1 aliphatic rings. The molecule has 1 aromatic heterocycles. The van der Waals surface area contributed by atoms with Gasteiger partial charge in [0.15, 0.2) is 0 Å². The minimum Gasteiger partial charge on any atom is -0.321 e. The molecule has 0 radical (unpaired) electrons. The van der Waals surface area contributed by atoms with Gasteiger partial charge in [-0.05, 0) is 42.7 Å². The molecule has 1 fully saturated rings. The van der Waals surface area contributed by atoms with E-state index in [9.17, 15) is 0 Å². The normalized spacial score (nSPS) is 31.8. The maximum Gasteiger partial charge on any atom is 0.0420 e. The van der Waals surface area contributed by atoms with Crippen molar-refractivity contribution in [2.45, 2.75) is 51.5 Å². The predicted octanol–water partition coefficient (Wildman–Crippen LogP) is 3.81. The highest BCUT2D eigenvalue weighted by atomic mass is 32.1. The standard InChI is InChI=1S/C13H21NS/c1-3-11-5-4-6-13(14,8-11)12-7-10(2)15-9-12/h7,9,11H,3-6,8,14H2,1-2H3. The maximum absolute atomic E-state index is 6.57. The van der Waals surface area contributed by atoms with Gasteiger partial charge in [-0.25, -0.2) is 0 Å². The van der Waals surface area contributed by atoms with Crippen molar-refractivity contribution in [3.05, 3.63) is 21.9 Å². The Labute approximate surface area is 96.7 Å². The van der Waals surface area contributed by atoms with Crippen molar-refractivity contribution in [1.29, 1.82) is 0 Å². The van der Waals surface area contributed by atoms with E-state index in [1.54, 1.807) is 0 Å². The molecular formula is C13H21NS. The maximum atomic E-state index is 6.57. The van der Waals surface area contributed by atoms with Crippen molar-refractivity contribution < 1.29 is 0 Å². The zero-order valence-corrected chi connectivity index (χ0v) is 10.6. The van der Waals surface area contributed by atoms with Gasteiger partial charge in [-0.2, -0.15) is 0 Å². The molecule has 1 saturated carbocycles. The van der Waals surface area contributed by atoms with Gasteiger partial charge in [0.1, 0.15) is 0 Å². The summed E-state index contributed by atoms with van der Waals surface area (Å²) in [6.45, 7) is 4.45. The molecule has 0 aromatic carbocycles. The van der Waals surface area contributed by atoms with Crippen molar-refractivity contribution in [3.8, 4) is 0 Å². The van der Waals surface area contributed by atoms with Gasteiger partial charge in [0, 0.05) is 10.4 Å². The molecule has 0 bridgehead atoms. The number of thiophene rings is 1. The molecule has 1 aromatic rings. The molecule has 15 heavy (non-hydrogen) atoms. The Hall–Kier alpha value is -0.340. The molecule has 2 atom stereocenters. The summed E-state index contributed by atoms with van der Waals surface area (Å²) < 4.78 is 0. The van der Waals surface area contributed by atoms with E-state index in [1.807, 2.05) is 11.3 Å². The van der Waals surface area contributed by atoms with Crippen LogP contribution in [0.15, 0.2) is 11.4 Å². The first-order valence-electron chi connectivity index (χ1n) is 5.98. The first kappa shape index (κ1) is 11.2. The third-order valence-corrected chi connectivity index (χ3v) is 4.63. The lowest BCUT2D eigenvalue weighted by Gasteiger charge is -2.37. The van der Waals surface area contributed by atoms with E-state index in [4.69, 9.17) is 5.73 Å². The highest BCUT2D eigenvalue weighted by molar-refractivity contribution is 7.10. The number of aryl methyl sites for hydroxylation is 1. The van der Waals surface area contributed by atoms with Crippen LogP contribution in [0.4, 0.5) is 0 Å². The minimum atomic E-state index is -0.0241. The fourth-order valence-corrected chi connectivity index (χ4v) is 3.55. The zero-order chi connectivity index (χ0) is 10.9. The first-order chi connectivity index (χ1) is 7.14. The summed E-state index contributed by atoms with van der Waals surface area (Å²) in [6.07, 6.45) is 6.30. The summed E-state index contributed by atoms with van der Waals surface area (Å²) in [5, 5.41) is 2.26. The van der Waals surface area contributed by atoms with Gasteiger partial charge < -0.3 is 5.73 Å². The number of hydrogen-bond donors (Lipinski definition) is 1. The van der Waals surface area contributed by atoms with Crippen LogP contribution in [0.5, 0.6) is 0 Å². The summed E-state index contributed by atoms with van der Waals surface area (Å²) >= 11 is 1.83. The van der Waals surface area contributed by atoms with Crippen molar-refractivity contribution in [1.82, 2.24) is 0 Å². The fourth-order valence-electron chi connectivity index (χ4n) is 2.74. The second kappa shape index (κ2) is 4.26. The lowest BCUT2D eigenvalue weighted by molar-refractivity contribution is 0.222. The van der Waals surface area contributed by atoms with Crippen LogP contribution in [0.3, 0.4) is 0 Å². The van der Waals surface area contributed by atoms with Crippen molar-refractivity contribution in [3.63, 3.8) is 0 Å². The van der Waals surface area contributed by atoms with E-state index in [0.717, 1.165) is 5.92 Å². The molecule has 2 rings (SSSR count). The average molecular weight is 223 g/mol. The van der Waals surface area contributed by atoms with Gasteiger partial charge in [0.05, 0.1) is 0 Å². The smallest absolute Gasteiger partial charge is 0.0420 e. The Balaban J connectivity index is 2.18. The van der Waals surface area contributed by atoms with Gasteiger partial charge in [0.25, 0.3) is 0 Å². The molecule has 0 amide bonds. The summed E-state index contributed by atoms with van der Waals surface area (Å²) in [7, 11) is 0. The summed E-state index contributed by atoms with van der Waals surface area (Å²) in [6, 6.07) is 2.28. The van der Waals surface area contributed by atoms with Crippen LogP contribution in [0.25, 0.3) is 0 Å². The summed E-state index contributed by atoms with van der Waals surface area (Å²) in [5.41, 5.74) is 7.92. The Kier molecular flexibility index (Phi) is 3.17. The molecule has 2 unspecified atom stereocenters. The monoisotopic (exact) mass is 223 g/mol. The number of rotatable bonds is 2. The highest BCUT2D eigenvalue weighted by Gasteiger charge is 2.33. The third kappa shape index (κ3) is 2.26. The van der Waals surface area contributed by atoms with E-state index < -0.39 is 0 Å². The summed E-state index contributed by atoms with van der Waals surface area (Å²) in [5.74, 6) is 0.837.